The molecule has 108 valence electrons. The molecule has 1 heterocycles. The van der Waals surface area contributed by atoms with Crippen LogP contribution in [0.5, 0.6) is 0 Å². The number of nitrogens with zero attached hydrogens (tertiary/aromatic N) is 1. The highest BCUT2D eigenvalue weighted by Gasteiger charge is 2.53. The zero-order valence-corrected chi connectivity index (χ0v) is 12.1. The molecule has 3 atom stereocenters. The number of ether oxygens (including phenoxy) is 2. The average molecular weight is 269 g/mol. The zero-order valence-electron chi connectivity index (χ0n) is 12.1. The first-order valence-electron chi connectivity index (χ1n) is 7.01. The van der Waals surface area contributed by atoms with Crippen LogP contribution in [0.25, 0.3) is 0 Å². The molecule has 2 rings (SSSR count). The first-order chi connectivity index (χ1) is 8.83. The molecular weight excluding hydrogens is 246 g/mol. The summed E-state index contributed by atoms with van der Waals surface area (Å²) >= 11 is 0. The maximum Gasteiger partial charge on any atom is 0.411 e. The van der Waals surface area contributed by atoms with Gasteiger partial charge >= 0.3 is 12.1 Å². The molecule has 1 amide bonds. The number of carbonyl (C=O) groups is 2. The van der Waals surface area contributed by atoms with E-state index in [1.165, 1.54) is 0 Å². The number of fused-ring (bicyclic) bond motifs is 1. The third-order valence-corrected chi connectivity index (χ3v) is 3.55. The van der Waals surface area contributed by atoms with Gasteiger partial charge in [-0.25, -0.2) is 9.59 Å². The second-order valence-electron chi connectivity index (χ2n) is 6.30. The summed E-state index contributed by atoms with van der Waals surface area (Å²) in [7, 11) is 0. The number of hydrogen-bond acceptors (Lipinski definition) is 4. The van der Waals surface area contributed by atoms with Crippen LogP contribution in [0.3, 0.4) is 0 Å². The minimum Gasteiger partial charge on any atom is -0.464 e. The Kier molecular flexibility index (Phi) is 3.74. The van der Waals surface area contributed by atoms with E-state index in [9.17, 15) is 9.59 Å². The van der Waals surface area contributed by atoms with Crippen LogP contribution in [0.15, 0.2) is 0 Å². The van der Waals surface area contributed by atoms with Gasteiger partial charge in [-0.3, -0.25) is 4.90 Å². The molecule has 1 saturated carbocycles. The summed E-state index contributed by atoms with van der Waals surface area (Å²) in [6.45, 7) is 7.61. The third-order valence-electron chi connectivity index (χ3n) is 3.55. The van der Waals surface area contributed by atoms with Crippen LogP contribution in [-0.4, -0.2) is 41.3 Å². The number of amides is 1. The molecule has 2 fully saturated rings. The standard InChI is InChI=1S/C14H23NO4/c1-5-18-12(16)10-7-6-9-8-11(9)15(10)13(17)19-14(2,3)4/h9-11H,5-8H2,1-4H3. The van der Waals surface area contributed by atoms with Gasteiger partial charge in [0.2, 0.25) is 0 Å². The Morgan fingerprint density at radius 3 is 2.53 bits per heavy atom. The lowest BCUT2D eigenvalue weighted by atomic mass is 10.0. The van der Waals surface area contributed by atoms with Crippen molar-refractivity contribution in [3.63, 3.8) is 0 Å². The van der Waals surface area contributed by atoms with Gasteiger partial charge in [0.05, 0.1) is 6.61 Å². The van der Waals surface area contributed by atoms with Crippen LogP contribution in [0.1, 0.15) is 47.0 Å². The normalized spacial score (nSPS) is 29.5. The van der Waals surface area contributed by atoms with Crippen molar-refractivity contribution < 1.29 is 19.1 Å². The number of carbonyl (C=O) groups excluding carboxylic acids is 2. The molecule has 1 aliphatic heterocycles. The average Bonchev–Trinajstić information content (AvgIpc) is 3.04. The van der Waals surface area contributed by atoms with Gasteiger partial charge in [0.25, 0.3) is 0 Å². The lowest BCUT2D eigenvalue weighted by Crippen LogP contribution is -2.51. The van der Waals surface area contributed by atoms with E-state index >= 15 is 0 Å². The molecule has 5 nitrogen and oxygen atoms in total. The maximum atomic E-state index is 12.3. The van der Waals surface area contributed by atoms with Gasteiger partial charge in [-0.2, -0.15) is 0 Å². The van der Waals surface area contributed by atoms with Gasteiger partial charge in [0.15, 0.2) is 0 Å². The number of rotatable bonds is 2. The predicted molar refractivity (Wildman–Crippen MR) is 69.6 cm³/mol. The molecule has 0 aromatic heterocycles. The second kappa shape index (κ2) is 5.02. The monoisotopic (exact) mass is 269 g/mol. The van der Waals surface area contributed by atoms with Crippen molar-refractivity contribution in [1.82, 2.24) is 4.90 Å². The van der Waals surface area contributed by atoms with Crippen LogP contribution < -0.4 is 0 Å². The highest BCUT2D eigenvalue weighted by atomic mass is 16.6. The van der Waals surface area contributed by atoms with Crippen LogP contribution in [0.4, 0.5) is 4.79 Å². The Bertz CT molecular complexity index is 374. The molecule has 0 aromatic rings. The summed E-state index contributed by atoms with van der Waals surface area (Å²) in [6, 6.07) is -0.309. The van der Waals surface area contributed by atoms with Gasteiger partial charge in [-0.1, -0.05) is 0 Å². The fraction of sp³-hybridized carbons (Fsp3) is 0.857. The van der Waals surface area contributed by atoms with Gasteiger partial charge in [0.1, 0.15) is 11.6 Å². The van der Waals surface area contributed by atoms with Gasteiger partial charge in [-0.15, -0.1) is 0 Å². The quantitative estimate of drug-likeness (QED) is 0.722. The van der Waals surface area contributed by atoms with Crippen molar-refractivity contribution >= 4 is 12.1 Å². The van der Waals surface area contributed by atoms with Crippen LogP contribution >= 0.6 is 0 Å². The zero-order chi connectivity index (χ0) is 14.2. The van der Waals surface area contributed by atoms with E-state index in [1.807, 2.05) is 20.8 Å². The Balaban J connectivity index is 2.09. The fourth-order valence-corrected chi connectivity index (χ4v) is 2.67. The van der Waals surface area contributed by atoms with Crippen molar-refractivity contribution in [3.05, 3.63) is 0 Å². The second-order valence-corrected chi connectivity index (χ2v) is 6.30. The molecule has 2 aliphatic rings. The van der Waals surface area contributed by atoms with Crippen molar-refractivity contribution in [3.8, 4) is 0 Å². The Labute approximate surface area is 114 Å². The highest BCUT2D eigenvalue weighted by molar-refractivity contribution is 5.82. The largest absolute Gasteiger partial charge is 0.464 e. The predicted octanol–water partition coefficient (Wildman–Crippen LogP) is 2.34. The van der Waals surface area contributed by atoms with Gasteiger partial charge < -0.3 is 9.47 Å². The summed E-state index contributed by atoms with van der Waals surface area (Å²) in [5, 5.41) is 0. The van der Waals surface area contributed by atoms with Crippen molar-refractivity contribution in [2.45, 2.75) is 64.6 Å². The lowest BCUT2D eigenvalue weighted by molar-refractivity contribution is -0.150. The van der Waals surface area contributed by atoms with E-state index in [-0.39, 0.29) is 12.0 Å². The molecule has 19 heavy (non-hydrogen) atoms. The minimum atomic E-state index is -0.544. The number of esters is 1. The van der Waals surface area contributed by atoms with E-state index in [0.29, 0.717) is 18.9 Å². The van der Waals surface area contributed by atoms with Crippen molar-refractivity contribution in [2.75, 3.05) is 6.61 Å². The van der Waals surface area contributed by atoms with Crippen molar-refractivity contribution in [1.29, 1.82) is 0 Å². The summed E-state index contributed by atoms with van der Waals surface area (Å²) in [5.41, 5.74) is -0.544. The van der Waals surface area contributed by atoms with E-state index in [1.54, 1.807) is 11.8 Å². The minimum absolute atomic E-state index is 0.165. The van der Waals surface area contributed by atoms with Gasteiger partial charge in [0, 0.05) is 6.04 Å². The molecule has 0 bridgehead atoms. The van der Waals surface area contributed by atoms with Crippen LogP contribution in [0.2, 0.25) is 0 Å². The molecule has 0 spiro atoms. The molecule has 1 saturated heterocycles. The Morgan fingerprint density at radius 1 is 1.26 bits per heavy atom. The fourth-order valence-electron chi connectivity index (χ4n) is 2.67. The molecule has 0 radical (unpaired) electrons. The topological polar surface area (TPSA) is 55.8 Å². The van der Waals surface area contributed by atoms with E-state index in [0.717, 1.165) is 12.8 Å². The van der Waals surface area contributed by atoms with Crippen LogP contribution in [0, 0.1) is 5.92 Å². The van der Waals surface area contributed by atoms with Gasteiger partial charge in [-0.05, 0) is 52.9 Å². The molecular formula is C14H23NO4. The molecule has 3 unspecified atom stereocenters. The van der Waals surface area contributed by atoms with Crippen LogP contribution in [-0.2, 0) is 14.3 Å². The van der Waals surface area contributed by atoms with E-state index < -0.39 is 17.7 Å². The molecule has 1 aliphatic carbocycles. The maximum absolute atomic E-state index is 12.3. The molecule has 5 heteroatoms. The van der Waals surface area contributed by atoms with E-state index in [4.69, 9.17) is 9.47 Å². The molecule has 0 N–H and O–H groups in total. The number of hydrogen-bond donors (Lipinski definition) is 0. The summed E-state index contributed by atoms with van der Waals surface area (Å²) in [6.07, 6.45) is 2.26. The number of likely N-dealkylation sites (tertiary alicyclic amines) is 1. The molecule has 0 aromatic carbocycles. The number of piperidine rings is 1. The first-order valence-corrected chi connectivity index (χ1v) is 7.01. The highest BCUT2D eigenvalue weighted by Crippen LogP contribution is 2.46. The van der Waals surface area contributed by atoms with E-state index in [2.05, 4.69) is 0 Å². The first kappa shape index (κ1) is 14.2. The Hall–Kier alpha value is -1.26. The summed E-state index contributed by atoms with van der Waals surface area (Å²) in [5.74, 6) is 0.233. The third kappa shape index (κ3) is 3.19. The smallest absolute Gasteiger partial charge is 0.411 e. The van der Waals surface area contributed by atoms with Crippen molar-refractivity contribution in [2.24, 2.45) is 5.92 Å². The Morgan fingerprint density at radius 2 is 1.95 bits per heavy atom. The lowest BCUT2D eigenvalue weighted by Gasteiger charge is -2.35. The summed E-state index contributed by atoms with van der Waals surface area (Å²) < 4.78 is 10.5. The SMILES string of the molecule is CCOC(=O)C1CCC2CC2N1C(=O)OC(C)(C)C. The summed E-state index contributed by atoms with van der Waals surface area (Å²) in [4.78, 5) is 25.8.